The third-order valence-corrected chi connectivity index (χ3v) is 5.21. The number of nitrogens with zero attached hydrogens (tertiary/aromatic N) is 4. The van der Waals surface area contributed by atoms with Gasteiger partial charge in [0.15, 0.2) is 3.95 Å². The maximum atomic E-state index is 13.0. The van der Waals surface area contributed by atoms with E-state index in [0.29, 0.717) is 22.4 Å². The second-order valence-electron chi connectivity index (χ2n) is 5.74. The summed E-state index contributed by atoms with van der Waals surface area (Å²) in [6, 6.07) is 6.56. The van der Waals surface area contributed by atoms with Crippen molar-refractivity contribution in [3.05, 3.63) is 34.0 Å². The van der Waals surface area contributed by atoms with E-state index in [-0.39, 0.29) is 5.82 Å². The van der Waals surface area contributed by atoms with Crippen LogP contribution < -0.4 is 10.2 Å². The summed E-state index contributed by atoms with van der Waals surface area (Å²) in [4.78, 5) is 15.9. The van der Waals surface area contributed by atoms with E-state index in [9.17, 15) is 9.18 Å². The Hall–Kier alpha value is -2.04. The lowest BCUT2D eigenvalue weighted by Crippen LogP contribution is -2.46. The number of benzene rings is 1. The van der Waals surface area contributed by atoms with Gasteiger partial charge in [-0.2, -0.15) is 0 Å². The fraction of sp³-hybridized carbons (Fsp3) is 0.438. The van der Waals surface area contributed by atoms with Crippen molar-refractivity contribution in [1.82, 2.24) is 14.7 Å². The summed E-state index contributed by atoms with van der Waals surface area (Å²) in [6.07, 6.45) is -0.531. The minimum atomic E-state index is -0.531. The second kappa shape index (κ2) is 8.56. The van der Waals surface area contributed by atoms with E-state index in [1.165, 1.54) is 23.5 Å². The van der Waals surface area contributed by atoms with E-state index in [2.05, 4.69) is 20.2 Å². The molecule has 1 saturated heterocycles. The number of hydrogen-bond donors (Lipinski definition) is 1. The molecule has 26 heavy (non-hydrogen) atoms. The molecule has 1 aromatic heterocycles. The number of aromatic nitrogens is 2. The van der Waals surface area contributed by atoms with Crippen LogP contribution in [0.15, 0.2) is 24.3 Å². The summed E-state index contributed by atoms with van der Waals surface area (Å²) < 4.78 is 20.2. The molecule has 1 fully saturated rings. The zero-order valence-corrected chi connectivity index (χ0v) is 16.0. The molecule has 0 bridgehead atoms. The van der Waals surface area contributed by atoms with Crippen LogP contribution in [0.1, 0.15) is 6.92 Å². The quantitative estimate of drug-likeness (QED) is 0.782. The van der Waals surface area contributed by atoms with Crippen LogP contribution >= 0.6 is 23.6 Å². The van der Waals surface area contributed by atoms with Gasteiger partial charge in [0.2, 0.25) is 5.13 Å². The number of halogens is 1. The molecular formula is C16H20FN5O2S2. The van der Waals surface area contributed by atoms with Gasteiger partial charge in [-0.25, -0.2) is 13.9 Å². The van der Waals surface area contributed by atoms with E-state index in [1.807, 2.05) is 0 Å². The Kier molecular flexibility index (Phi) is 6.17. The molecule has 10 heteroatoms. The molecular weight excluding hydrogens is 377 g/mol. The highest BCUT2D eigenvalue weighted by Crippen LogP contribution is 2.18. The molecule has 3 rings (SSSR count). The van der Waals surface area contributed by atoms with Crippen molar-refractivity contribution in [1.29, 1.82) is 0 Å². The number of anilines is 2. The lowest BCUT2D eigenvalue weighted by Gasteiger charge is -2.35. The van der Waals surface area contributed by atoms with Gasteiger partial charge in [0.05, 0.1) is 13.3 Å². The summed E-state index contributed by atoms with van der Waals surface area (Å²) in [5.74, 6) is -0.225. The maximum Gasteiger partial charge on any atom is 0.413 e. The van der Waals surface area contributed by atoms with Crippen LogP contribution in [0.25, 0.3) is 0 Å². The fourth-order valence-corrected chi connectivity index (χ4v) is 3.67. The van der Waals surface area contributed by atoms with Crippen LogP contribution in [0.5, 0.6) is 0 Å². The Morgan fingerprint density at radius 1 is 1.31 bits per heavy atom. The van der Waals surface area contributed by atoms with E-state index < -0.39 is 6.09 Å². The summed E-state index contributed by atoms with van der Waals surface area (Å²) in [7, 11) is 0. The smallest absolute Gasteiger partial charge is 0.413 e. The number of amides is 1. The highest BCUT2D eigenvalue weighted by Gasteiger charge is 2.18. The Labute approximate surface area is 160 Å². The standard InChI is InChI=1S/C16H20FN5O2S2/c1-2-24-15(23)18-14-19-22(16(25)26-14)11-20-7-9-21(10-8-20)13-5-3-12(17)4-6-13/h3-6H,2,7-11H2,1H3,(H,18,19,23). The predicted octanol–water partition coefficient (Wildman–Crippen LogP) is 3.16. The maximum absolute atomic E-state index is 13.0. The number of nitrogens with one attached hydrogen (secondary N) is 1. The monoisotopic (exact) mass is 397 g/mol. The van der Waals surface area contributed by atoms with Crippen molar-refractivity contribution in [3.63, 3.8) is 0 Å². The van der Waals surface area contributed by atoms with E-state index >= 15 is 0 Å². The largest absolute Gasteiger partial charge is 0.450 e. The topological polar surface area (TPSA) is 62.6 Å². The van der Waals surface area contributed by atoms with Crippen LogP contribution in [0.2, 0.25) is 0 Å². The zero-order chi connectivity index (χ0) is 18.5. The molecule has 2 heterocycles. The van der Waals surface area contributed by atoms with Gasteiger partial charge in [-0.3, -0.25) is 10.2 Å². The van der Waals surface area contributed by atoms with Gasteiger partial charge in [0.25, 0.3) is 0 Å². The summed E-state index contributed by atoms with van der Waals surface area (Å²) in [6.45, 7) is 5.99. The molecule has 1 amide bonds. The SMILES string of the molecule is CCOC(=O)Nc1nn(CN2CCN(c3ccc(F)cc3)CC2)c(=S)s1. The van der Waals surface area contributed by atoms with Gasteiger partial charge in [-0.15, -0.1) is 5.10 Å². The van der Waals surface area contributed by atoms with Crippen LogP contribution in [0.3, 0.4) is 0 Å². The number of hydrogen-bond acceptors (Lipinski definition) is 7. The molecule has 0 aliphatic carbocycles. The fourth-order valence-electron chi connectivity index (χ4n) is 2.69. The Morgan fingerprint density at radius 3 is 2.65 bits per heavy atom. The van der Waals surface area contributed by atoms with Gasteiger partial charge in [0.1, 0.15) is 5.82 Å². The second-order valence-corrected chi connectivity index (χ2v) is 7.36. The zero-order valence-electron chi connectivity index (χ0n) is 14.4. The Morgan fingerprint density at radius 2 is 2.00 bits per heavy atom. The third kappa shape index (κ3) is 4.77. The molecule has 0 atom stereocenters. The van der Waals surface area contributed by atoms with Gasteiger partial charge >= 0.3 is 6.09 Å². The van der Waals surface area contributed by atoms with Crippen LogP contribution in [0, 0.1) is 9.77 Å². The van der Waals surface area contributed by atoms with Crippen molar-refractivity contribution >= 4 is 40.5 Å². The van der Waals surface area contributed by atoms with E-state index in [0.717, 1.165) is 31.9 Å². The number of piperazine rings is 1. The molecule has 0 unspecified atom stereocenters. The third-order valence-electron chi connectivity index (χ3n) is 3.99. The normalized spacial score (nSPS) is 15.1. The minimum Gasteiger partial charge on any atom is -0.450 e. The minimum absolute atomic E-state index is 0.225. The first-order valence-electron chi connectivity index (χ1n) is 8.29. The summed E-state index contributed by atoms with van der Waals surface area (Å²) in [5.41, 5.74) is 1.03. The first-order valence-corrected chi connectivity index (χ1v) is 9.52. The summed E-state index contributed by atoms with van der Waals surface area (Å²) >= 11 is 6.56. The number of carbonyl (C=O) groups excluding carboxylic acids is 1. The molecule has 2 aromatic rings. The van der Waals surface area contributed by atoms with Crippen LogP contribution in [-0.4, -0.2) is 53.6 Å². The van der Waals surface area contributed by atoms with Crippen molar-refractivity contribution in [2.24, 2.45) is 0 Å². The summed E-state index contributed by atoms with van der Waals surface area (Å²) in [5, 5.41) is 7.34. The van der Waals surface area contributed by atoms with Crippen molar-refractivity contribution < 1.29 is 13.9 Å². The molecule has 0 saturated carbocycles. The number of ether oxygens (including phenoxy) is 1. The number of rotatable bonds is 5. The molecule has 140 valence electrons. The highest BCUT2D eigenvalue weighted by molar-refractivity contribution is 7.73. The van der Waals surface area contributed by atoms with Gasteiger partial charge in [0, 0.05) is 31.9 Å². The lowest BCUT2D eigenvalue weighted by atomic mass is 10.2. The van der Waals surface area contributed by atoms with Crippen LogP contribution in [-0.2, 0) is 11.4 Å². The average Bonchev–Trinajstić information content (AvgIpc) is 2.95. The van der Waals surface area contributed by atoms with Crippen molar-refractivity contribution in [2.75, 3.05) is 43.0 Å². The first kappa shape index (κ1) is 18.7. The molecule has 1 aromatic carbocycles. The molecule has 7 nitrogen and oxygen atoms in total. The average molecular weight is 398 g/mol. The van der Waals surface area contributed by atoms with Crippen molar-refractivity contribution in [3.8, 4) is 0 Å². The molecule has 0 radical (unpaired) electrons. The molecule has 1 aliphatic rings. The Bertz CT molecular complexity index is 800. The van der Waals surface area contributed by atoms with E-state index in [1.54, 1.807) is 23.7 Å². The highest BCUT2D eigenvalue weighted by atomic mass is 32.1. The lowest BCUT2D eigenvalue weighted by molar-refractivity contribution is 0.167. The molecule has 1 aliphatic heterocycles. The van der Waals surface area contributed by atoms with Crippen molar-refractivity contribution in [2.45, 2.75) is 13.6 Å². The van der Waals surface area contributed by atoms with Gasteiger partial charge in [-0.05, 0) is 43.4 Å². The molecule has 0 spiro atoms. The predicted molar refractivity (Wildman–Crippen MR) is 102 cm³/mol. The van der Waals surface area contributed by atoms with E-state index in [4.69, 9.17) is 17.0 Å². The molecule has 1 N–H and O–H groups in total. The first-order chi connectivity index (χ1) is 12.5. The van der Waals surface area contributed by atoms with Gasteiger partial charge < -0.3 is 9.64 Å². The Balaban J connectivity index is 1.54. The van der Waals surface area contributed by atoms with Crippen LogP contribution in [0.4, 0.5) is 20.0 Å². The van der Waals surface area contributed by atoms with Gasteiger partial charge in [-0.1, -0.05) is 11.3 Å². The number of carbonyl (C=O) groups is 1.